The van der Waals surface area contributed by atoms with E-state index in [9.17, 15) is 4.79 Å². The number of carbonyl (C=O) groups is 1. The molecule has 0 saturated carbocycles. The number of hydrogen-bond acceptors (Lipinski definition) is 6. The van der Waals surface area contributed by atoms with Crippen LogP contribution in [0.3, 0.4) is 0 Å². The third kappa shape index (κ3) is 3.44. The van der Waals surface area contributed by atoms with Gasteiger partial charge in [0.25, 0.3) is 5.19 Å². The Hall–Kier alpha value is -1.17. The fraction of sp³-hybridized carbons (Fsp3) is 0.700. The molecule has 0 aliphatic heterocycles. The van der Waals surface area contributed by atoms with Gasteiger partial charge in [0.15, 0.2) is 0 Å². The minimum atomic E-state index is -0.454. The van der Waals surface area contributed by atoms with Gasteiger partial charge < -0.3 is 9.47 Å². The molecule has 90 valence electrons. The van der Waals surface area contributed by atoms with E-state index >= 15 is 0 Å². The van der Waals surface area contributed by atoms with Crippen molar-refractivity contribution < 1.29 is 14.3 Å². The van der Waals surface area contributed by atoms with E-state index in [2.05, 4.69) is 10.2 Å². The van der Waals surface area contributed by atoms with E-state index in [0.717, 1.165) is 17.8 Å². The molecule has 5 nitrogen and oxygen atoms in total. The molecule has 1 heterocycles. The Morgan fingerprint density at radius 3 is 2.62 bits per heavy atom. The molecular formula is C10H16N2O3S. The van der Waals surface area contributed by atoms with Gasteiger partial charge in [-0.05, 0) is 38.5 Å². The molecule has 0 bridgehead atoms. The second-order valence-corrected chi connectivity index (χ2v) is 4.75. The highest BCUT2D eigenvalue weighted by molar-refractivity contribution is 7.14. The molecule has 16 heavy (non-hydrogen) atoms. The van der Waals surface area contributed by atoms with Gasteiger partial charge in [-0.15, -0.1) is 5.10 Å². The standard InChI is InChI=1S/C10H16N2O3S/c1-5-10(3,4)15-9-12-11-7(16-9)8(13)14-6-2/h5-6H2,1-4H3. The first kappa shape index (κ1) is 12.9. The first-order valence-electron chi connectivity index (χ1n) is 5.18. The van der Waals surface area contributed by atoms with E-state index in [4.69, 9.17) is 9.47 Å². The van der Waals surface area contributed by atoms with Crippen molar-refractivity contribution in [1.29, 1.82) is 0 Å². The van der Waals surface area contributed by atoms with Gasteiger partial charge in [0, 0.05) is 0 Å². The highest BCUT2D eigenvalue weighted by Gasteiger charge is 2.21. The second-order valence-electron chi connectivity index (χ2n) is 3.81. The van der Waals surface area contributed by atoms with Crippen LogP contribution in [0.2, 0.25) is 0 Å². The smallest absolute Gasteiger partial charge is 0.369 e. The SMILES string of the molecule is CCOC(=O)c1nnc(OC(C)(C)CC)s1. The molecule has 1 aromatic rings. The minimum absolute atomic E-state index is 0.226. The number of ether oxygens (including phenoxy) is 2. The summed E-state index contributed by atoms with van der Waals surface area (Å²) in [4.78, 5) is 11.3. The number of rotatable bonds is 5. The number of aromatic nitrogens is 2. The highest BCUT2D eigenvalue weighted by atomic mass is 32.1. The van der Waals surface area contributed by atoms with Crippen molar-refractivity contribution >= 4 is 17.3 Å². The van der Waals surface area contributed by atoms with Crippen molar-refractivity contribution in [3.05, 3.63) is 5.01 Å². The van der Waals surface area contributed by atoms with Crippen LogP contribution in [0.5, 0.6) is 5.19 Å². The Balaban J connectivity index is 2.68. The van der Waals surface area contributed by atoms with Gasteiger partial charge in [-0.1, -0.05) is 12.0 Å². The van der Waals surface area contributed by atoms with Crippen molar-refractivity contribution in [2.75, 3.05) is 6.61 Å². The number of hydrogen-bond donors (Lipinski definition) is 0. The molecule has 0 aliphatic carbocycles. The number of nitrogens with zero attached hydrogens (tertiary/aromatic N) is 2. The third-order valence-corrected chi connectivity index (χ3v) is 2.85. The maximum Gasteiger partial charge on any atom is 0.369 e. The van der Waals surface area contributed by atoms with Crippen molar-refractivity contribution in [3.8, 4) is 5.19 Å². The van der Waals surface area contributed by atoms with Crippen LogP contribution in [0.15, 0.2) is 0 Å². The quantitative estimate of drug-likeness (QED) is 0.744. The molecule has 1 rings (SSSR count). The van der Waals surface area contributed by atoms with Crippen LogP contribution in [-0.4, -0.2) is 28.4 Å². The van der Waals surface area contributed by atoms with Crippen LogP contribution >= 0.6 is 11.3 Å². The fourth-order valence-electron chi connectivity index (χ4n) is 0.835. The molecule has 6 heteroatoms. The van der Waals surface area contributed by atoms with Crippen LogP contribution < -0.4 is 4.74 Å². The maximum atomic E-state index is 11.3. The molecule has 0 amide bonds. The van der Waals surface area contributed by atoms with Gasteiger partial charge in [-0.2, -0.15) is 0 Å². The van der Waals surface area contributed by atoms with Crippen molar-refractivity contribution in [3.63, 3.8) is 0 Å². The summed E-state index contributed by atoms with van der Waals surface area (Å²) in [6.45, 7) is 8.01. The van der Waals surface area contributed by atoms with Gasteiger partial charge >= 0.3 is 5.97 Å². The van der Waals surface area contributed by atoms with Crippen LogP contribution in [0, 0.1) is 0 Å². The van der Waals surface area contributed by atoms with Gasteiger partial charge in [-0.25, -0.2) is 4.79 Å². The molecule has 0 spiro atoms. The highest BCUT2D eigenvalue weighted by Crippen LogP contribution is 2.24. The van der Waals surface area contributed by atoms with Gasteiger partial charge in [0.1, 0.15) is 5.60 Å². The van der Waals surface area contributed by atoms with Crippen molar-refractivity contribution in [2.45, 2.75) is 39.7 Å². The van der Waals surface area contributed by atoms with Crippen LogP contribution in [-0.2, 0) is 4.74 Å². The van der Waals surface area contributed by atoms with E-state index in [1.54, 1.807) is 6.92 Å². The molecule has 0 aromatic carbocycles. The monoisotopic (exact) mass is 244 g/mol. The van der Waals surface area contributed by atoms with E-state index < -0.39 is 5.97 Å². The van der Waals surface area contributed by atoms with E-state index in [1.807, 2.05) is 20.8 Å². The van der Waals surface area contributed by atoms with Gasteiger partial charge in [-0.3, -0.25) is 0 Å². The maximum absolute atomic E-state index is 11.3. The average molecular weight is 244 g/mol. The largest absolute Gasteiger partial charge is 0.463 e. The molecule has 0 atom stereocenters. The number of carbonyl (C=O) groups excluding carboxylic acids is 1. The lowest BCUT2D eigenvalue weighted by Crippen LogP contribution is -2.26. The summed E-state index contributed by atoms with van der Waals surface area (Å²) in [5, 5.41) is 8.14. The average Bonchev–Trinajstić information content (AvgIpc) is 2.66. The van der Waals surface area contributed by atoms with Gasteiger partial charge in [0.2, 0.25) is 5.01 Å². The fourth-order valence-corrected chi connectivity index (χ4v) is 1.57. The van der Waals surface area contributed by atoms with Crippen LogP contribution in [0.25, 0.3) is 0 Å². The Labute approximate surface area is 98.8 Å². The topological polar surface area (TPSA) is 61.3 Å². The lowest BCUT2D eigenvalue weighted by molar-refractivity contribution is 0.0525. The number of esters is 1. The molecule has 0 aliphatic rings. The Bertz CT molecular complexity index is 363. The third-order valence-electron chi connectivity index (χ3n) is 2.07. The molecule has 1 aromatic heterocycles. The van der Waals surface area contributed by atoms with Crippen LogP contribution in [0.4, 0.5) is 0 Å². The molecule has 0 N–H and O–H groups in total. The first-order chi connectivity index (χ1) is 7.48. The van der Waals surface area contributed by atoms with Crippen molar-refractivity contribution in [2.24, 2.45) is 0 Å². The summed E-state index contributed by atoms with van der Waals surface area (Å²) >= 11 is 1.10. The zero-order valence-corrected chi connectivity index (χ0v) is 10.8. The molecule has 0 saturated heterocycles. The van der Waals surface area contributed by atoms with Crippen molar-refractivity contribution in [1.82, 2.24) is 10.2 Å². The predicted octanol–water partition coefficient (Wildman–Crippen LogP) is 2.28. The van der Waals surface area contributed by atoms with E-state index in [0.29, 0.717) is 11.8 Å². The second kappa shape index (κ2) is 5.25. The van der Waals surface area contributed by atoms with Crippen LogP contribution in [0.1, 0.15) is 43.9 Å². The molecular weight excluding hydrogens is 228 g/mol. The molecule has 0 fully saturated rings. The summed E-state index contributed by atoms with van der Waals surface area (Å²) in [6.07, 6.45) is 0.849. The Morgan fingerprint density at radius 1 is 1.38 bits per heavy atom. The predicted molar refractivity (Wildman–Crippen MR) is 60.9 cm³/mol. The first-order valence-corrected chi connectivity index (χ1v) is 5.99. The lowest BCUT2D eigenvalue weighted by atomic mass is 10.1. The summed E-state index contributed by atoms with van der Waals surface area (Å²) in [5.74, 6) is -0.454. The normalized spacial score (nSPS) is 11.2. The molecule has 0 radical (unpaired) electrons. The van der Waals surface area contributed by atoms with Gasteiger partial charge in [0.05, 0.1) is 6.61 Å². The summed E-state index contributed by atoms with van der Waals surface area (Å²) < 4.78 is 10.4. The summed E-state index contributed by atoms with van der Waals surface area (Å²) in [7, 11) is 0. The summed E-state index contributed by atoms with van der Waals surface area (Å²) in [5.41, 5.74) is -0.300. The Morgan fingerprint density at radius 2 is 2.06 bits per heavy atom. The Kier molecular flexibility index (Phi) is 4.23. The van der Waals surface area contributed by atoms with E-state index in [1.165, 1.54) is 0 Å². The lowest BCUT2D eigenvalue weighted by Gasteiger charge is -2.21. The zero-order chi connectivity index (χ0) is 12.2. The minimum Gasteiger partial charge on any atom is -0.463 e. The molecule has 0 unspecified atom stereocenters. The summed E-state index contributed by atoms with van der Waals surface area (Å²) in [6, 6.07) is 0. The zero-order valence-electron chi connectivity index (χ0n) is 9.94. The van der Waals surface area contributed by atoms with E-state index in [-0.39, 0.29) is 10.6 Å².